The zero-order valence-electron chi connectivity index (χ0n) is 15.1. The Morgan fingerprint density at radius 2 is 1.22 bits per heavy atom. The van der Waals surface area contributed by atoms with Crippen molar-refractivity contribution in [2.75, 3.05) is 14.1 Å². The van der Waals surface area contributed by atoms with Gasteiger partial charge in [0.2, 0.25) is 0 Å². The molecule has 0 saturated heterocycles. The van der Waals surface area contributed by atoms with Crippen molar-refractivity contribution in [3.05, 3.63) is 6.04 Å². The first kappa shape index (κ1) is 14.2. The first-order valence-corrected chi connectivity index (χ1v) is 10.7. The largest absolute Gasteiger partial charge is 0.301 e. The van der Waals surface area contributed by atoms with Gasteiger partial charge < -0.3 is 4.90 Å². The highest BCUT2D eigenvalue weighted by atomic mass is 15.1. The van der Waals surface area contributed by atoms with E-state index in [1.165, 1.54) is 0 Å². The quantitative estimate of drug-likeness (QED) is 0.695. The molecule has 0 aromatic rings. The van der Waals surface area contributed by atoms with Crippen molar-refractivity contribution in [1.82, 2.24) is 4.90 Å². The molecule has 1 heteroatoms. The number of hydrogen-bond acceptors (Lipinski definition) is 1. The van der Waals surface area contributed by atoms with Crippen LogP contribution in [0.1, 0.15) is 64.2 Å². The Morgan fingerprint density at radius 1 is 0.696 bits per heavy atom. The molecule has 0 amide bonds. The zero-order valence-corrected chi connectivity index (χ0v) is 15.1. The summed E-state index contributed by atoms with van der Waals surface area (Å²) in [6.07, 6.45) is 15.9. The Labute approximate surface area is 142 Å². The van der Waals surface area contributed by atoms with Crippen molar-refractivity contribution in [3.63, 3.8) is 0 Å². The Balaban J connectivity index is 1.43. The van der Waals surface area contributed by atoms with Crippen LogP contribution in [0.2, 0.25) is 0 Å². The average molecular weight is 313 g/mol. The van der Waals surface area contributed by atoms with E-state index in [1.54, 1.807) is 64.2 Å². The van der Waals surface area contributed by atoms with Gasteiger partial charge in [-0.25, -0.2) is 0 Å². The highest BCUT2D eigenvalue weighted by molar-refractivity contribution is 5.23. The standard InChI is InChI=1S/C22H34N/c1-23(2)21-19-9-15-4-16(10-19)12-22(21,11-15)20-17-5-13-3-14(7-17)8-18(20)6-13/h13-20H,3-12H2,1-2H3. The van der Waals surface area contributed by atoms with Crippen molar-refractivity contribution < 1.29 is 0 Å². The van der Waals surface area contributed by atoms with Gasteiger partial charge in [-0.2, -0.15) is 0 Å². The zero-order chi connectivity index (χ0) is 15.3. The van der Waals surface area contributed by atoms with Crippen LogP contribution in [0.3, 0.4) is 0 Å². The molecular weight excluding hydrogens is 278 g/mol. The Morgan fingerprint density at radius 3 is 1.74 bits per heavy atom. The van der Waals surface area contributed by atoms with E-state index in [0.29, 0.717) is 5.41 Å². The lowest BCUT2D eigenvalue weighted by molar-refractivity contribution is -0.167. The molecule has 8 rings (SSSR count). The van der Waals surface area contributed by atoms with Crippen LogP contribution in [0, 0.1) is 58.8 Å². The minimum Gasteiger partial charge on any atom is -0.301 e. The maximum atomic E-state index is 2.62. The molecule has 1 nitrogen and oxygen atoms in total. The predicted molar refractivity (Wildman–Crippen MR) is 93.5 cm³/mol. The maximum Gasteiger partial charge on any atom is 0.0483 e. The lowest BCUT2D eigenvalue weighted by Crippen LogP contribution is -2.63. The first-order chi connectivity index (χ1) is 11.1. The van der Waals surface area contributed by atoms with Gasteiger partial charge in [0.15, 0.2) is 0 Å². The molecule has 0 aromatic carbocycles. The highest BCUT2D eigenvalue weighted by Gasteiger charge is 2.65. The molecule has 8 aliphatic rings. The molecule has 0 N–H and O–H groups in total. The fourth-order valence-electron chi connectivity index (χ4n) is 9.93. The van der Waals surface area contributed by atoms with Crippen molar-refractivity contribution in [3.8, 4) is 0 Å². The molecule has 0 aliphatic heterocycles. The fourth-order valence-corrected chi connectivity index (χ4v) is 9.93. The number of rotatable bonds is 2. The summed E-state index contributed by atoms with van der Waals surface area (Å²) in [7, 11) is 4.77. The van der Waals surface area contributed by atoms with Crippen LogP contribution in [0.25, 0.3) is 0 Å². The smallest absolute Gasteiger partial charge is 0.0483 e. The van der Waals surface area contributed by atoms with E-state index in [1.807, 2.05) is 6.04 Å². The summed E-state index contributed by atoms with van der Waals surface area (Å²) in [5.74, 6) is 8.71. The molecule has 8 fully saturated rings. The van der Waals surface area contributed by atoms with E-state index in [2.05, 4.69) is 19.0 Å². The topological polar surface area (TPSA) is 3.24 Å². The molecule has 1 radical (unpaired) electrons. The second-order valence-electron chi connectivity index (χ2n) is 10.9. The van der Waals surface area contributed by atoms with E-state index in [9.17, 15) is 0 Å². The lowest BCUT2D eigenvalue weighted by Gasteiger charge is -2.70. The normalized spacial score (nSPS) is 60.1. The molecular formula is C22H34N. The van der Waals surface area contributed by atoms with Gasteiger partial charge in [0.25, 0.3) is 0 Å². The van der Waals surface area contributed by atoms with Gasteiger partial charge in [-0.1, -0.05) is 0 Å². The fraction of sp³-hybridized carbons (Fsp3) is 0.955. The number of nitrogens with zero attached hydrogens (tertiary/aromatic N) is 1. The van der Waals surface area contributed by atoms with E-state index in [0.717, 1.165) is 47.3 Å². The molecule has 0 spiro atoms. The molecule has 8 aliphatic carbocycles. The third-order valence-corrected chi connectivity index (χ3v) is 9.45. The monoisotopic (exact) mass is 312 g/mol. The minimum absolute atomic E-state index is 0.654. The predicted octanol–water partition coefficient (Wildman–Crippen LogP) is 4.98. The Kier molecular flexibility index (Phi) is 2.81. The summed E-state index contributed by atoms with van der Waals surface area (Å²) < 4.78 is 0. The molecule has 23 heavy (non-hydrogen) atoms. The maximum absolute atomic E-state index is 2.62. The van der Waals surface area contributed by atoms with Crippen LogP contribution < -0.4 is 0 Å². The highest BCUT2D eigenvalue weighted by Crippen LogP contribution is 2.72. The molecule has 0 heterocycles. The van der Waals surface area contributed by atoms with Crippen LogP contribution in [0.15, 0.2) is 0 Å². The summed E-state index contributed by atoms with van der Waals surface area (Å²) in [6.45, 7) is 0. The molecule has 8 saturated carbocycles. The lowest BCUT2D eigenvalue weighted by atomic mass is 9.37. The Bertz CT molecular complexity index is 466. The van der Waals surface area contributed by atoms with Crippen LogP contribution in [-0.2, 0) is 0 Å². The van der Waals surface area contributed by atoms with E-state index < -0.39 is 0 Å². The first-order valence-electron chi connectivity index (χ1n) is 10.7. The number of hydrogen-bond donors (Lipinski definition) is 0. The van der Waals surface area contributed by atoms with Crippen LogP contribution in [0.5, 0.6) is 0 Å². The molecule has 2 unspecified atom stereocenters. The van der Waals surface area contributed by atoms with Gasteiger partial charge in [0.05, 0.1) is 0 Å². The Hall–Kier alpha value is -0.0400. The van der Waals surface area contributed by atoms with Crippen molar-refractivity contribution >= 4 is 0 Å². The van der Waals surface area contributed by atoms with Crippen molar-refractivity contribution in [2.45, 2.75) is 64.2 Å². The summed E-state index contributed by atoms with van der Waals surface area (Å²) in [6, 6.07) is 1.95. The second-order valence-corrected chi connectivity index (χ2v) is 10.9. The van der Waals surface area contributed by atoms with Crippen LogP contribution in [-0.4, -0.2) is 19.0 Å². The molecule has 127 valence electrons. The van der Waals surface area contributed by atoms with Crippen molar-refractivity contribution in [2.24, 2.45) is 52.8 Å². The van der Waals surface area contributed by atoms with Gasteiger partial charge in [-0.05, 0) is 131 Å². The second kappa shape index (κ2) is 4.57. The van der Waals surface area contributed by atoms with Gasteiger partial charge in [-0.15, -0.1) is 0 Å². The average Bonchev–Trinajstić information content (AvgIpc) is 2.43. The van der Waals surface area contributed by atoms with E-state index in [4.69, 9.17) is 0 Å². The molecule has 2 atom stereocenters. The SMILES string of the molecule is CN(C)[C]1C2CC3CC(C2)CC1(C1C2CC4CC(C2)CC1C4)C3. The van der Waals surface area contributed by atoms with E-state index in [-0.39, 0.29) is 0 Å². The van der Waals surface area contributed by atoms with E-state index >= 15 is 0 Å². The molecule has 8 bridgehead atoms. The summed E-state index contributed by atoms with van der Waals surface area (Å²) in [4.78, 5) is 2.62. The van der Waals surface area contributed by atoms with Crippen LogP contribution >= 0.6 is 0 Å². The minimum atomic E-state index is 0.654. The third-order valence-electron chi connectivity index (χ3n) is 9.45. The van der Waals surface area contributed by atoms with Gasteiger partial charge >= 0.3 is 0 Å². The molecule has 0 aromatic heterocycles. The summed E-state index contributed by atoms with van der Waals surface area (Å²) >= 11 is 0. The summed E-state index contributed by atoms with van der Waals surface area (Å²) in [5, 5.41) is 0. The van der Waals surface area contributed by atoms with Gasteiger partial charge in [-0.3, -0.25) is 0 Å². The van der Waals surface area contributed by atoms with Gasteiger partial charge in [0.1, 0.15) is 0 Å². The third kappa shape index (κ3) is 1.79. The van der Waals surface area contributed by atoms with Crippen LogP contribution in [0.4, 0.5) is 0 Å². The van der Waals surface area contributed by atoms with Crippen molar-refractivity contribution in [1.29, 1.82) is 0 Å². The van der Waals surface area contributed by atoms with Gasteiger partial charge in [0, 0.05) is 6.04 Å². The summed E-state index contributed by atoms with van der Waals surface area (Å²) in [5.41, 5.74) is 0.654.